The molecule has 0 aromatic carbocycles. The Balaban J connectivity index is 0.00000156. The van der Waals surface area contributed by atoms with E-state index in [-0.39, 0.29) is 43.0 Å². The highest BCUT2D eigenvalue weighted by molar-refractivity contribution is 7.14. The second-order valence-corrected chi connectivity index (χ2v) is 7.04. The molecule has 2 amide bonds. The fourth-order valence-corrected chi connectivity index (χ4v) is 3.70. The molecule has 0 aliphatic carbocycles. The van der Waals surface area contributed by atoms with Crippen LogP contribution in [-0.2, 0) is 11.2 Å². The topological polar surface area (TPSA) is 74.3 Å². The molecule has 0 atom stereocenters. The summed E-state index contributed by atoms with van der Waals surface area (Å²) in [4.78, 5) is 31.2. The fourth-order valence-electron chi connectivity index (χ4n) is 2.37. The molecule has 0 spiro atoms. The molecule has 0 radical (unpaired) electrons. The van der Waals surface area contributed by atoms with E-state index in [0.717, 1.165) is 32.6 Å². The number of carbonyl (C=O) groups is 2. The molecule has 0 unspecified atom stereocenters. The summed E-state index contributed by atoms with van der Waals surface area (Å²) in [7, 11) is 0. The first-order valence-corrected chi connectivity index (χ1v) is 9.26. The molecule has 1 saturated heterocycles. The number of aromatic nitrogens is 1. The predicted molar refractivity (Wildman–Crippen MR) is 107 cm³/mol. The van der Waals surface area contributed by atoms with Gasteiger partial charge in [-0.25, -0.2) is 4.98 Å². The maximum absolute atomic E-state index is 12.3. The first-order chi connectivity index (χ1) is 11.2. The Morgan fingerprint density at radius 2 is 2.08 bits per heavy atom. The summed E-state index contributed by atoms with van der Waals surface area (Å²) in [5, 5.41) is 10.3. The zero-order valence-electron chi connectivity index (χ0n) is 13.4. The fraction of sp³-hybridized carbons (Fsp3) is 0.400. The van der Waals surface area contributed by atoms with Crippen molar-refractivity contribution in [1.82, 2.24) is 15.2 Å². The van der Waals surface area contributed by atoms with Gasteiger partial charge in [0.15, 0.2) is 5.13 Å². The smallest absolute Gasteiger partial charge is 0.267 e. The highest BCUT2D eigenvalue weighted by Crippen LogP contribution is 2.18. The molecule has 25 heavy (non-hydrogen) atoms. The van der Waals surface area contributed by atoms with Crippen LogP contribution in [-0.4, -0.2) is 47.9 Å². The zero-order chi connectivity index (χ0) is 16.1. The van der Waals surface area contributed by atoms with Crippen molar-refractivity contribution in [2.24, 2.45) is 0 Å². The lowest BCUT2D eigenvalue weighted by molar-refractivity contribution is -0.130. The molecule has 6 nitrogen and oxygen atoms in total. The third kappa shape index (κ3) is 6.23. The standard InChI is InChI=1S/C15H18N4O2S2.2ClH/c20-13(19-6-2-4-16-5-7-19)9-11-10-23-15(17-11)18-14(21)12-3-1-8-22-12;;/h1,3,8,10,16H,2,4-7,9H2,(H,17,18,21);2*1H. The molecule has 3 rings (SSSR count). The molecule has 138 valence electrons. The molecular weight excluding hydrogens is 403 g/mol. The van der Waals surface area contributed by atoms with Crippen molar-refractivity contribution in [3.05, 3.63) is 33.5 Å². The van der Waals surface area contributed by atoms with Crippen molar-refractivity contribution in [2.75, 3.05) is 31.5 Å². The summed E-state index contributed by atoms with van der Waals surface area (Å²) in [5.74, 6) is -0.0686. The number of thiazole rings is 1. The first kappa shape index (κ1) is 21.9. The van der Waals surface area contributed by atoms with E-state index in [0.29, 0.717) is 15.7 Å². The van der Waals surface area contributed by atoms with Crippen molar-refractivity contribution in [3.63, 3.8) is 0 Å². The Morgan fingerprint density at radius 1 is 1.24 bits per heavy atom. The van der Waals surface area contributed by atoms with Crippen molar-refractivity contribution < 1.29 is 9.59 Å². The molecule has 2 N–H and O–H groups in total. The van der Waals surface area contributed by atoms with Gasteiger partial charge < -0.3 is 10.2 Å². The SMILES string of the molecule is Cl.Cl.O=C(Nc1nc(CC(=O)N2CCCNCC2)cs1)c1cccs1. The molecular formula is C15H20Cl2N4O2S2. The van der Waals surface area contributed by atoms with Gasteiger partial charge in [-0.1, -0.05) is 6.07 Å². The van der Waals surface area contributed by atoms with E-state index in [9.17, 15) is 9.59 Å². The predicted octanol–water partition coefficient (Wildman–Crippen LogP) is 2.66. The summed E-state index contributed by atoms with van der Waals surface area (Å²) in [6, 6.07) is 3.60. The molecule has 1 aliphatic heterocycles. The van der Waals surface area contributed by atoms with Crippen LogP contribution in [0, 0.1) is 0 Å². The van der Waals surface area contributed by atoms with Gasteiger partial charge in [0, 0.05) is 25.0 Å². The maximum Gasteiger partial charge on any atom is 0.267 e. The Bertz CT molecular complexity index is 671. The Morgan fingerprint density at radius 3 is 2.84 bits per heavy atom. The van der Waals surface area contributed by atoms with Gasteiger partial charge in [-0.15, -0.1) is 47.5 Å². The van der Waals surface area contributed by atoms with E-state index < -0.39 is 0 Å². The van der Waals surface area contributed by atoms with Crippen molar-refractivity contribution in [1.29, 1.82) is 0 Å². The van der Waals surface area contributed by atoms with Crippen LogP contribution in [0.3, 0.4) is 0 Å². The number of anilines is 1. The minimum Gasteiger partial charge on any atom is -0.341 e. The summed E-state index contributed by atoms with van der Waals surface area (Å²) in [6.07, 6.45) is 1.26. The minimum absolute atomic E-state index is 0. The number of carbonyl (C=O) groups excluding carboxylic acids is 2. The van der Waals surface area contributed by atoms with Crippen molar-refractivity contribution >= 4 is 64.4 Å². The van der Waals surface area contributed by atoms with Crippen LogP contribution in [0.5, 0.6) is 0 Å². The van der Waals surface area contributed by atoms with Crippen LogP contribution >= 0.6 is 47.5 Å². The van der Waals surface area contributed by atoms with E-state index in [4.69, 9.17) is 0 Å². The molecule has 1 fully saturated rings. The van der Waals surface area contributed by atoms with Gasteiger partial charge >= 0.3 is 0 Å². The van der Waals surface area contributed by atoms with Gasteiger partial charge in [-0.05, 0) is 24.4 Å². The number of hydrogen-bond donors (Lipinski definition) is 2. The van der Waals surface area contributed by atoms with E-state index in [2.05, 4.69) is 15.6 Å². The van der Waals surface area contributed by atoms with Gasteiger partial charge in [0.2, 0.25) is 5.91 Å². The van der Waals surface area contributed by atoms with E-state index in [1.807, 2.05) is 21.7 Å². The number of hydrogen-bond acceptors (Lipinski definition) is 6. The number of rotatable bonds is 4. The monoisotopic (exact) mass is 422 g/mol. The summed E-state index contributed by atoms with van der Waals surface area (Å²) in [6.45, 7) is 3.33. The summed E-state index contributed by atoms with van der Waals surface area (Å²) >= 11 is 2.73. The average Bonchev–Trinajstić information content (AvgIpc) is 3.14. The zero-order valence-corrected chi connectivity index (χ0v) is 16.7. The van der Waals surface area contributed by atoms with Crippen LogP contribution in [0.25, 0.3) is 0 Å². The van der Waals surface area contributed by atoms with Crippen molar-refractivity contribution in [3.8, 4) is 0 Å². The highest BCUT2D eigenvalue weighted by Gasteiger charge is 2.17. The lowest BCUT2D eigenvalue weighted by atomic mass is 10.3. The molecule has 2 aromatic heterocycles. The maximum atomic E-state index is 12.3. The van der Waals surface area contributed by atoms with Gasteiger partial charge in [0.25, 0.3) is 5.91 Å². The molecule has 10 heteroatoms. The second kappa shape index (κ2) is 10.7. The lowest BCUT2D eigenvalue weighted by Crippen LogP contribution is -2.35. The normalized spacial score (nSPS) is 14.0. The lowest BCUT2D eigenvalue weighted by Gasteiger charge is -2.19. The highest BCUT2D eigenvalue weighted by atomic mass is 35.5. The Labute approximate surface area is 166 Å². The largest absolute Gasteiger partial charge is 0.341 e. The first-order valence-electron chi connectivity index (χ1n) is 7.50. The van der Waals surface area contributed by atoms with Gasteiger partial charge in [-0.2, -0.15) is 0 Å². The van der Waals surface area contributed by atoms with Gasteiger partial charge in [0.05, 0.1) is 17.0 Å². The molecule has 1 aliphatic rings. The molecule has 3 heterocycles. The van der Waals surface area contributed by atoms with Crippen LogP contribution in [0.2, 0.25) is 0 Å². The summed E-state index contributed by atoms with van der Waals surface area (Å²) < 4.78 is 0. The van der Waals surface area contributed by atoms with Gasteiger partial charge in [0.1, 0.15) is 0 Å². The molecule has 0 saturated carbocycles. The molecule has 0 bridgehead atoms. The third-order valence-electron chi connectivity index (χ3n) is 3.54. The van der Waals surface area contributed by atoms with E-state index in [1.54, 1.807) is 6.07 Å². The molecule has 2 aromatic rings. The van der Waals surface area contributed by atoms with Crippen LogP contribution in [0.1, 0.15) is 21.8 Å². The number of nitrogens with one attached hydrogen (secondary N) is 2. The Kier molecular flexibility index (Phi) is 9.37. The number of thiophene rings is 1. The van der Waals surface area contributed by atoms with Crippen LogP contribution < -0.4 is 10.6 Å². The van der Waals surface area contributed by atoms with E-state index in [1.165, 1.54) is 22.7 Å². The van der Waals surface area contributed by atoms with E-state index >= 15 is 0 Å². The second-order valence-electron chi connectivity index (χ2n) is 5.24. The average molecular weight is 423 g/mol. The van der Waals surface area contributed by atoms with Gasteiger partial charge in [-0.3, -0.25) is 14.9 Å². The van der Waals surface area contributed by atoms with Crippen molar-refractivity contribution in [2.45, 2.75) is 12.8 Å². The minimum atomic E-state index is -0.161. The number of halogens is 2. The number of nitrogens with zero attached hydrogens (tertiary/aromatic N) is 2. The van der Waals surface area contributed by atoms with Crippen LogP contribution in [0.15, 0.2) is 22.9 Å². The quantitative estimate of drug-likeness (QED) is 0.793. The Hall–Kier alpha value is -1.19. The summed E-state index contributed by atoms with van der Waals surface area (Å²) in [5.41, 5.74) is 0.707. The number of amides is 2. The van der Waals surface area contributed by atoms with Crippen LogP contribution in [0.4, 0.5) is 5.13 Å². The third-order valence-corrected chi connectivity index (χ3v) is 5.22.